The number of methoxy groups -OCH3 is 1. The molecule has 1 rings (SSSR count). The number of nitrogens with one attached hydrogen (secondary N) is 2. The van der Waals surface area contributed by atoms with Crippen LogP contribution in [0, 0.1) is 0 Å². The molecule has 1 heterocycles. The van der Waals surface area contributed by atoms with Gasteiger partial charge in [0.05, 0.1) is 7.11 Å². The van der Waals surface area contributed by atoms with Crippen LogP contribution in [0.5, 0.6) is 5.75 Å². The summed E-state index contributed by atoms with van der Waals surface area (Å²) in [5, 5.41) is 5.46. The summed E-state index contributed by atoms with van der Waals surface area (Å²) in [6.45, 7) is 7.41. The van der Waals surface area contributed by atoms with Gasteiger partial charge in [-0.2, -0.15) is 0 Å². The van der Waals surface area contributed by atoms with Crippen molar-refractivity contribution in [2.75, 3.05) is 7.11 Å². The molecule has 0 saturated carbocycles. The van der Waals surface area contributed by atoms with Gasteiger partial charge in [0.1, 0.15) is 17.1 Å². The minimum Gasteiger partial charge on any atom is -0.497 e. The second-order valence-electron chi connectivity index (χ2n) is 5.03. The second kappa shape index (κ2) is 6.88. The fraction of sp³-hybridized carbons (Fsp3) is 0.500. The molecule has 2 amide bonds. The molecule has 0 aliphatic heterocycles. The maximum absolute atomic E-state index is 12.0. The van der Waals surface area contributed by atoms with Crippen molar-refractivity contribution in [3.8, 4) is 5.75 Å². The van der Waals surface area contributed by atoms with Crippen molar-refractivity contribution in [3.63, 3.8) is 0 Å². The lowest BCUT2D eigenvalue weighted by molar-refractivity contribution is 0.0933. The monoisotopic (exact) mass is 279 g/mol. The van der Waals surface area contributed by atoms with Crippen molar-refractivity contribution in [1.82, 2.24) is 15.6 Å². The molecule has 20 heavy (non-hydrogen) atoms. The number of pyridine rings is 1. The maximum atomic E-state index is 12.0. The zero-order valence-electron chi connectivity index (χ0n) is 12.5. The number of carbonyl (C=O) groups is 2. The van der Waals surface area contributed by atoms with Crippen molar-refractivity contribution < 1.29 is 14.3 Å². The molecule has 0 spiro atoms. The fourth-order valence-corrected chi connectivity index (χ4v) is 1.53. The van der Waals surface area contributed by atoms with Gasteiger partial charge in [-0.05, 0) is 27.7 Å². The smallest absolute Gasteiger partial charge is 0.270 e. The van der Waals surface area contributed by atoms with Crippen LogP contribution >= 0.6 is 0 Å². The number of rotatable bonds is 5. The molecular formula is C14H21N3O3. The van der Waals surface area contributed by atoms with Crippen molar-refractivity contribution in [1.29, 1.82) is 0 Å². The number of ether oxygens (including phenoxy) is 1. The first-order chi connectivity index (χ1) is 9.33. The quantitative estimate of drug-likeness (QED) is 0.853. The first-order valence-corrected chi connectivity index (χ1v) is 6.51. The first kappa shape index (κ1) is 15.9. The minimum absolute atomic E-state index is 0.0107. The highest BCUT2D eigenvalue weighted by atomic mass is 16.5. The van der Waals surface area contributed by atoms with Crippen molar-refractivity contribution >= 4 is 11.8 Å². The first-order valence-electron chi connectivity index (χ1n) is 6.51. The van der Waals surface area contributed by atoms with E-state index in [9.17, 15) is 9.59 Å². The second-order valence-corrected chi connectivity index (χ2v) is 5.03. The van der Waals surface area contributed by atoms with Crippen LogP contribution in [0.2, 0.25) is 0 Å². The third-order valence-corrected chi connectivity index (χ3v) is 2.34. The fourth-order valence-electron chi connectivity index (χ4n) is 1.53. The summed E-state index contributed by atoms with van der Waals surface area (Å²) >= 11 is 0. The molecule has 0 atom stereocenters. The van der Waals surface area contributed by atoms with Crippen LogP contribution in [0.15, 0.2) is 12.1 Å². The molecule has 110 valence electrons. The van der Waals surface area contributed by atoms with E-state index in [-0.39, 0.29) is 35.3 Å². The van der Waals surface area contributed by atoms with E-state index in [0.717, 1.165) is 0 Å². The molecule has 1 aromatic rings. The molecule has 0 saturated heterocycles. The molecule has 0 unspecified atom stereocenters. The van der Waals surface area contributed by atoms with Gasteiger partial charge < -0.3 is 15.4 Å². The number of aromatic nitrogens is 1. The Morgan fingerprint density at radius 2 is 1.40 bits per heavy atom. The highest BCUT2D eigenvalue weighted by Gasteiger charge is 2.16. The van der Waals surface area contributed by atoms with Gasteiger partial charge in [0.15, 0.2) is 0 Å². The summed E-state index contributed by atoms with van der Waals surface area (Å²) in [6, 6.07) is 2.99. The average Bonchev–Trinajstić information content (AvgIpc) is 2.36. The van der Waals surface area contributed by atoms with Crippen LogP contribution < -0.4 is 15.4 Å². The molecular weight excluding hydrogens is 258 g/mol. The molecule has 0 fully saturated rings. The van der Waals surface area contributed by atoms with Gasteiger partial charge in [-0.15, -0.1) is 0 Å². The predicted molar refractivity (Wildman–Crippen MR) is 76.0 cm³/mol. The van der Waals surface area contributed by atoms with Gasteiger partial charge in [-0.1, -0.05) is 0 Å². The predicted octanol–water partition coefficient (Wildman–Crippen LogP) is 1.37. The highest BCUT2D eigenvalue weighted by Crippen LogP contribution is 2.14. The van der Waals surface area contributed by atoms with Crippen molar-refractivity contribution in [2.45, 2.75) is 39.8 Å². The van der Waals surface area contributed by atoms with E-state index >= 15 is 0 Å². The topological polar surface area (TPSA) is 80.3 Å². The van der Waals surface area contributed by atoms with Crippen molar-refractivity contribution in [3.05, 3.63) is 23.5 Å². The molecule has 0 radical (unpaired) electrons. The van der Waals surface area contributed by atoms with Gasteiger partial charge >= 0.3 is 0 Å². The van der Waals surface area contributed by atoms with Crippen molar-refractivity contribution in [2.24, 2.45) is 0 Å². The Balaban J connectivity index is 3.08. The largest absolute Gasteiger partial charge is 0.497 e. The van der Waals surface area contributed by atoms with Crippen LogP contribution in [0.25, 0.3) is 0 Å². The maximum Gasteiger partial charge on any atom is 0.270 e. The lowest BCUT2D eigenvalue weighted by Gasteiger charge is -2.12. The summed E-state index contributed by atoms with van der Waals surface area (Å²) in [6.07, 6.45) is 0. The van der Waals surface area contributed by atoms with E-state index in [2.05, 4.69) is 15.6 Å². The molecule has 6 heteroatoms. The highest BCUT2D eigenvalue weighted by molar-refractivity contribution is 5.97. The number of hydrogen-bond acceptors (Lipinski definition) is 4. The molecule has 0 aliphatic rings. The molecule has 6 nitrogen and oxygen atoms in total. The molecule has 2 N–H and O–H groups in total. The van der Waals surface area contributed by atoms with Gasteiger partial charge in [0.2, 0.25) is 0 Å². The summed E-state index contributed by atoms with van der Waals surface area (Å²) < 4.78 is 5.11. The third kappa shape index (κ3) is 4.53. The Bertz CT molecular complexity index is 458. The van der Waals surface area contributed by atoms with E-state index in [1.165, 1.54) is 19.2 Å². The summed E-state index contributed by atoms with van der Waals surface area (Å²) in [7, 11) is 1.48. The summed E-state index contributed by atoms with van der Waals surface area (Å²) in [5.74, 6) is -0.252. The van der Waals surface area contributed by atoms with Gasteiger partial charge in [-0.25, -0.2) is 4.98 Å². The van der Waals surface area contributed by atoms with Crippen LogP contribution in [-0.2, 0) is 0 Å². The number of amides is 2. The van der Waals surface area contributed by atoms with Gasteiger partial charge in [0.25, 0.3) is 11.8 Å². The lowest BCUT2D eigenvalue weighted by Crippen LogP contribution is -2.33. The van der Waals surface area contributed by atoms with Crippen LogP contribution in [0.1, 0.15) is 48.7 Å². The van der Waals surface area contributed by atoms with Crippen LogP contribution in [0.3, 0.4) is 0 Å². The number of hydrogen-bond donors (Lipinski definition) is 2. The Morgan fingerprint density at radius 1 is 1.00 bits per heavy atom. The van der Waals surface area contributed by atoms with Gasteiger partial charge in [-0.3, -0.25) is 9.59 Å². The Kier molecular flexibility index (Phi) is 5.49. The number of nitrogens with zero attached hydrogens (tertiary/aromatic N) is 1. The SMILES string of the molecule is COc1cc(C(=O)NC(C)C)nc(C(=O)NC(C)C)c1. The molecule has 0 aromatic carbocycles. The Hall–Kier alpha value is -2.11. The Morgan fingerprint density at radius 3 is 1.70 bits per heavy atom. The van der Waals surface area contributed by atoms with E-state index < -0.39 is 0 Å². The van der Waals surface area contributed by atoms with Crippen LogP contribution in [-0.4, -0.2) is 36.0 Å². The van der Waals surface area contributed by atoms with Gasteiger partial charge in [0, 0.05) is 24.2 Å². The summed E-state index contributed by atoms with van der Waals surface area (Å²) in [4.78, 5) is 28.0. The van der Waals surface area contributed by atoms with E-state index in [4.69, 9.17) is 4.74 Å². The third-order valence-electron chi connectivity index (χ3n) is 2.34. The normalized spacial score (nSPS) is 10.6. The zero-order chi connectivity index (χ0) is 15.3. The number of carbonyl (C=O) groups excluding carboxylic acids is 2. The minimum atomic E-state index is -0.336. The molecule has 0 bridgehead atoms. The molecule has 1 aromatic heterocycles. The lowest BCUT2D eigenvalue weighted by atomic mass is 10.2. The van der Waals surface area contributed by atoms with Crippen LogP contribution in [0.4, 0.5) is 0 Å². The Labute approximate surface area is 118 Å². The standard InChI is InChI=1S/C14H21N3O3/c1-8(2)15-13(18)11-6-10(20-5)7-12(17-11)14(19)16-9(3)4/h6-9H,1-5H3,(H,15,18)(H,16,19). The molecule has 0 aliphatic carbocycles. The summed E-state index contributed by atoms with van der Waals surface area (Å²) in [5.41, 5.74) is 0.318. The van der Waals surface area contributed by atoms with E-state index in [1.54, 1.807) is 0 Å². The van der Waals surface area contributed by atoms with E-state index in [0.29, 0.717) is 5.75 Å². The average molecular weight is 279 g/mol. The van der Waals surface area contributed by atoms with E-state index in [1.807, 2.05) is 27.7 Å². The zero-order valence-corrected chi connectivity index (χ0v) is 12.5.